The van der Waals surface area contributed by atoms with E-state index in [9.17, 15) is 0 Å². The van der Waals surface area contributed by atoms with Crippen LogP contribution in [-0.4, -0.2) is 25.3 Å². The van der Waals surface area contributed by atoms with Gasteiger partial charge in [-0.15, -0.1) is 0 Å². The number of halogens is 1. The van der Waals surface area contributed by atoms with Crippen LogP contribution in [0.15, 0.2) is 0 Å². The highest BCUT2D eigenvalue weighted by Gasteiger charge is 2.12. The van der Waals surface area contributed by atoms with Crippen molar-refractivity contribution in [1.29, 1.82) is 0 Å². The van der Waals surface area contributed by atoms with Crippen LogP contribution in [0.2, 0.25) is 19.6 Å². The SMILES string of the molecule is C[Si](C)(C)COCCCCI. The molecule has 0 heterocycles. The molecule has 0 aromatic heterocycles. The van der Waals surface area contributed by atoms with Gasteiger partial charge in [0.05, 0.1) is 8.07 Å². The Labute approximate surface area is 85.1 Å². The maximum Gasteiger partial charge on any atom is 0.0746 e. The standard InChI is InChI=1S/C8H19IOSi/c1-11(2,3)8-10-7-5-4-6-9/h4-8H2,1-3H3. The molecule has 1 nitrogen and oxygen atoms in total. The van der Waals surface area contributed by atoms with Gasteiger partial charge in [0.25, 0.3) is 0 Å². The van der Waals surface area contributed by atoms with E-state index in [1.54, 1.807) is 0 Å². The van der Waals surface area contributed by atoms with E-state index in [0.717, 1.165) is 12.8 Å². The van der Waals surface area contributed by atoms with Crippen molar-refractivity contribution in [2.75, 3.05) is 17.3 Å². The van der Waals surface area contributed by atoms with Gasteiger partial charge in [-0.05, 0) is 17.3 Å². The highest BCUT2D eigenvalue weighted by molar-refractivity contribution is 14.1. The third-order valence-electron chi connectivity index (χ3n) is 1.21. The van der Waals surface area contributed by atoms with Gasteiger partial charge < -0.3 is 4.74 Å². The van der Waals surface area contributed by atoms with E-state index in [2.05, 4.69) is 42.2 Å². The lowest BCUT2D eigenvalue weighted by molar-refractivity contribution is 0.170. The number of rotatable bonds is 6. The smallest absolute Gasteiger partial charge is 0.0746 e. The molecule has 0 N–H and O–H groups in total. The maximum absolute atomic E-state index is 5.56. The van der Waals surface area contributed by atoms with Crippen LogP contribution in [0.3, 0.4) is 0 Å². The van der Waals surface area contributed by atoms with Crippen molar-refractivity contribution in [1.82, 2.24) is 0 Å². The van der Waals surface area contributed by atoms with Gasteiger partial charge in [-0.3, -0.25) is 0 Å². The molecule has 0 amide bonds. The Kier molecular flexibility index (Phi) is 6.96. The van der Waals surface area contributed by atoms with Crippen LogP contribution in [-0.2, 0) is 4.74 Å². The number of ether oxygens (including phenoxy) is 1. The number of alkyl halides is 1. The zero-order chi connectivity index (χ0) is 8.74. The van der Waals surface area contributed by atoms with Crippen LogP contribution in [0.5, 0.6) is 0 Å². The van der Waals surface area contributed by atoms with Crippen LogP contribution >= 0.6 is 22.6 Å². The molecule has 0 aliphatic carbocycles. The second-order valence-corrected chi connectivity index (χ2v) is 10.5. The second-order valence-electron chi connectivity index (χ2n) is 4.01. The van der Waals surface area contributed by atoms with Crippen LogP contribution in [0.4, 0.5) is 0 Å². The van der Waals surface area contributed by atoms with Gasteiger partial charge in [-0.1, -0.05) is 42.2 Å². The Morgan fingerprint density at radius 2 is 1.82 bits per heavy atom. The molecule has 0 radical (unpaired) electrons. The Hall–Kier alpha value is 0.907. The normalized spacial score (nSPS) is 12.0. The van der Waals surface area contributed by atoms with Crippen LogP contribution in [0, 0.1) is 0 Å². The summed E-state index contributed by atoms with van der Waals surface area (Å²) in [5.41, 5.74) is 0. The van der Waals surface area contributed by atoms with Crippen molar-refractivity contribution in [2.24, 2.45) is 0 Å². The zero-order valence-electron chi connectivity index (χ0n) is 7.82. The third kappa shape index (κ3) is 10.9. The number of hydrogen-bond acceptors (Lipinski definition) is 1. The Balaban J connectivity index is 3.02. The number of hydrogen-bond donors (Lipinski definition) is 0. The van der Waals surface area contributed by atoms with Crippen LogP contribution in [0.25, 0.3) is 0 Å². The van der Waals surface area contributed by atoms with Gasteiger partial charge in [-0.25, -0.2) is 0 Å². The fraction of sp³-hybridized carbons (Fsp3) is 1.00. The van der Waals surface area contributed by atoms with Gasteiger partial charge in [0, 0.05) is 12.8 Å². The second kappa shape index (κ2) is 6.43. The van der Waals surface area contributed by atoms with Crippen LogP contribution in [0.1, 0.15) is 12.8 Å². The van der Waals surface area contributed by atoms with Crippen molar-refractivity contribution in [3.63, 3.8) is 0 Å². The average Bonchev–Trinajstić information content (AvgIpc) is 1.85. The molecule has 3 heteroatoms. The topological polar surface area (TPSA) is 9.23 Å². The molecule has 0 aromatic rings. The summed E-state index contributed by atoms with van der Waals surface area (Å²) in [6, 6.07) is 0. The van der Waals surface area contributed by atoms with E-state index in [0.29, 0.717) is 0 Å². The van der Waals surface area contributed by atoms with Crippen molar-refractivity contribution < 1.29 is 4.74 Å². The lowest BCUT2D eigenvalue weighted by atomic mass is 10.4. The summed E-state index contributed by atoms with van der Waals surface area (Å²) in [4.78, 5) is 0. The number of unbranched alkanes of at least 4 members (excludes halogenated alkanes) is 1. The Morgan fingerprint density at radius 3 is 2.27 bits per heavy atom. The largest absolute Gasteiger partial charge is 0.385 e. The fourth-order valence-corrected chi connectivity index (χ4v) is 1.97. The molecule has 0 fully saturated rings. The summed E-state index contributed by atoms with van der Waals surface area (Å²) in [5, 5.41) is 0. The summed E-state index contributed by atoms with van der Waals surface area (Å²) in [5.74, 6) is 0. The summed E-state index contributed by atoms with van der Waals surface area (Å²) in [6.07, 6.45) is 3.55. The molecule has 0 unspecified atom stereocenters. The minimum Gasteiger partial charge on any atom is -0.385 e. The van der Waals surface area contributed by atoms with Gasteiger partial charge in [0.15, 0.2) is 0 Å². The first-order chi connectivity index (χ1) is 5.06. The van der Waals surface area contributed by atoms with Crippen molar-refractivity contribution in [3.8, 4) is 0 Å². The minimum absolute atomic E-state index is 0.941. The molecule has 0 bridgehead atoms. The van der Waals surface area contributed by atoms with E-state index in [1.807, 2.05) is 0 Å². The van der Waals surface area contributed by atoms with Gasteiger partial charge >= 0.3 is 0 Å². The minimum atomic E-state index is -0.941. The molecule has 0 rings (SSSR count). The molecule has 0 aromatic carbocycles. The quantitative estimate of drug-likeness (QED) is 0.315. The van der Waals surface area contributed by atoms with Gasteiger partial charge in [0.1, 0.15) is 0 Å². The van der Waals surface area contributed by atoms with E-state index >= 15 is 0 Å². The zero-order valence-corrected chi connectivity index (χ0v) is 11.0. The summed E-state index contributed by atoms with van der Waals surface area (Å²) in [7, 11) is -0.941. The molecule has 0 saturated heterocycles. The predicted molar refractivity (Wildman–Crippen MR) is 62.3 cm³/mol. The molecule has 68 valence electrons. The monoisotopic (exact) mass is 286 g/mol. The fourth-order valence-electron chi connectivity index (χ4n) is 0.677. The molecular weight excluding hydrogens is 267 g/mol. The third-order valence-corrected chi connectivity index (χ3v) is 3.04. The molecule has 0 aliphatic rings. The van der Waals surface area contributed by atoms with Crippen molar-refractivity contribution in [3.05, 3.63) is 0 Å². The van der Waals surface area contributed by atoms with Crippen molar-refractivity contribution in [2.45, 2.75) is 32.5 Å². The van der Waals surface area contributed by atoms with E-state index in [4.69, 9.17) is 4.74 Å². The Bertz CT molecular complexity index is 90.6. The molecule has 0 saturated carbocycles. The molecule has 0 atom stereocenters. The lowest BCUT2D eigenvalue weighted by Crippen LogP contribution is -2.28. The highest BCUT2D eigenvalue weighted by Crippen LogP contribution is 2.02. The maximum atomic E-state index is 5.56. The van der Waals surface area contributed by atoms with E-state index in [-0.39, 0.29) is 0 Å². The first kappa shape index (κ1) is 11.9. The summed E-state index contributed by atoms with van der Waals surface area (Å²) < 4.78 is 6.82. The highest BCUT2D eigenvalue weighted by atomic mass is 127. The van der Waals surface area contributed by atoms with Gasteiger partial charge in [0.2, 0.25) is 0 Å². The first-order valence-corrected chi connectivity index (χ1v) is 9.43. The lowest BCUT2D eigenvalue weighted by Gasteiger charge is -2.15. The molecule has 11 heavy (non-hydrogen) atoms. The molecule has 0 aliphatic heterocycles. The van der Waals surface area contributed by atoms with E-state index < -0.39 is 8.07 Å². The molecular formula is C8H19IOSi. The van der Waals surface area contributed by atoms with Gasteiger partial charge in [-0.2, -0.15) is 0 Å². The summed E-state index contributed by atoms with van der Waals surface area (Å²) >= 11 is 2.41. The van der Waals surface area contributed by atoms with Crippen LogP contribution < -0.4 is 0 Å². The van der Waals surface area contributed by atoms with E-state index in [1.165, 1.54) is 17.3 Å². The average molecular weight is 286 g/mol. The first-order valence-electron chi connectivity index (χ1n) is 4.20. The summed E-state index contributed by atoms with van der Waals surface area (Å²) in [6.45, 7) is 7.98. The predicted octanol–water partition coefficient (Wildman–Crippen LogP) is 3.10. The Morgan fingerprint density at radius 1 is 1.18 bits per heavy atom. The molecule has 0 spiro atoms. The van der Waals surface area contributed by atoms with Crippen molar-refractivity contribution >= 4 is 30.7 Å².